The van der Waals surface area contributed by atoms with Gasteiger partial charge < -0.3 is 49.6 Å². The number of amides is 2. The van der Waals surface area contributed by atoms with Crippen molar-refractivity contribution in [2.45, 2.75) is 63.3 Å². The van der Waals surface area contributed by atoms with Crippen molar-refractivity contribution in [2.75, 3.05) is 75.9 Å². The molecule has 3 aromatic carbocycles. The Bertz CT molecular complexity index is 1970. The summed E-state index contributed by atoms with van der Waals surface area (Å²) in [7, 11) is 1.91. The summed E-state index contributed by atoms with van der Waals surface area (Å²) < 4.78 is 47.6. The van der Waals surface area contributed by atoms with Gasteiger partial charge in [-0.15, -0.1) is 5.10 Å². The zero-order valence-corrected chi connectivity index (χ0v) is 33.3. The summed E-state index contributed by atoms with van der Waals surface area (Å²) in [6.07, 6.45) is 4.87. The number of phenols is 1. The Morgan fingerprint density at radius 2 is 1.72 bits per heavy atom. The number of aromatic hydroxyl groups is 1. The third kappa shape index (κ3) is 9.09. The van der Waals surface area contributed by atoms with Crippen LogP contribution in [0.15, 0.2) is 82.6 Å². The topological polar surface area (TPSA) is 132 Å². The number of hydrogen-bond acceptors (Lipinski definition) is 10. The van der Waals surface area contributed by atoms with Crippen LogP contribution < -0.4 is 25.0 Å². The van der Waals surface area contributed by atoms with Gasteiger partial charge in [0.2, 0.25) is 0 Å². The number of morpholine rings is 1. The second-order valence-electron chi connectivity index (χ2n) is 15.3. The number of phenolic OH excluding ortho intramolecular Hbond substituents is 1. The van der Waals surface area contributed by atoms with Crippen molar-refractivity contribution in [3.8, 4) is 17.2 Å². The van der Waals surface area contributed by atoms with E-state index in [1.807, 2.05) is 48.0 Å². The average molecular weight is 801 g/mol. The van der Waals surface area contributed by atoms with E-state index in [1.54, 1.807) is 12.1 Å². The molecule has 7 rings (SSSR count). The molecule has 0 aromatic heterocycles. The van der Waals surface area contributed by atoms with Gasteiger partial charge in [-0.25, -0.2) is 13.6 Å². The summed E-state index contributed by atoms with van der Waals surface area (Å²) in [6.45, 7) is 10.6. The minimum Gasteiger partial charge on any atom is -0.505 e. The summed E-state index contributed by atoms with van der Waals surface area (Å²) in [5.74, 6) is -0.0405. The number of hydrogen-bond donors (Lipinski definition) is 2. The third-order valence-corrected chi connectivity index (χ3v) is 11.6. The second kappa shape index (κ2) is 18.3. The van der Waals surface area contributed by atoms with Crippen LogP contribution in [0.1, 0.15) is 38.2 Å². The number of fused-ring (bicyclic) bond motifs is 2. The van der Waals surface area contributed by atoms with E-state index >= 15 is 4.39 Å². The zero-order valence-electron chi connectivity index (χ0n) is 33.3. The van der Waals surface area contributed by atoms with Gasteiger partial charge in [-0.1, -0.05) is 30.3 Å². The molecule has 4 saturated heterocycles. The number of urea groups is 1. The maximum absolute atomic E-state index is 15.3. The van der Waals surface area contributed by atoms with Crippen molar-refractivity contribution in [3.63, 3.8) is 0 Å². The van der Waals surface area contributed by atoms with Gasteiger partial charge in [0.25, 0.3) is 0 Å². The van der Waals surface area contributed by atoms with Gasteiger partial charge in [-0.3, -0.25) is 0 Å². The first-order valence-electron chi connectivity index (χ1n) is 20.2. The van der Waals surface area contributed by atoms with Crippen molar-refractivity contribution in [1.82, 2.24) is 14.7 Å². The molecule has 0 spiro atoms. The first-order valence-corrected chi connectivity index (χ1v) is 20.2. The number of anilines is 2. The number of ether oxygens (including phenoxy) is 3. The molecule has 58 heavy (non-hydrogen) atoms. The van der Waals surface area contributed by atoms with Crippen LogP contribution in [0.4, 0.5) is 25.0 Å². The van der Waals surface area contributed by atoms with Gasteiger partial charge >= 0.3 is 6.03 Å². The molecule has 3 N–H and O–H groups in total. The Labute approximate surface area is 338 Å². The van der Waals surface area contributed by atoms with Crippen molar-refractivity contribution < 1.29 is 32.9 Å². The molecule has 2 atom stereocenters. The third-order valence-electron chi connectivity index (χ3n) is 11.6. The number of amidine groups is 1. The van der Waals surface area contributed by atoms with Crippen LogP contribution in [-0.2, 0) is 11.2 Å². The van der Waals surface area contributed by atoms with Gasteiger partial charge in [0.15, 0.2) is 17.4 Å². The van der Waals surface area contributed by atoms with E-state index in [-0.39, 0.29) is 42.5 Å². The van der Waals surface area contributed by atoms with Gasteiger partial charge in [-0.2, -0.15) is 5.10 Å². The predicted octanol–water partition coefficient (Wildman–Crippen LogP) is 5.62. The molecule has 4 aliphatic heterocycles. The first-order chi connectivity index (χ1) is 28.1. The van der Waals surface area contributed by atoms with Gasteiger partial charge in [0.05, 0.1) is 43.3 Å². The molecule has 310 valence electrons. The van der Waals surface area contributed by atoms with Gasteiger partial charge in [-0.05, 0) is 50.5 Å². The average Bonchev–Trinajstić information content (AvgIpc) is 3.22. The Kier molecular flexibility index (Phi) is 12.9. The molecular formula is C43H54F2N8O5. The van der Waals surface area contributed by atoms with E-state index in [2.05, 4.69) is 37.7 Å². The summed E-state index contributed by atoms with van der Waals surface area (Å²) in [4.78, 5) is 24.0. The summed E-state index contributed by atoms with van der Waals surface area (Å²) in [5.41, 5.74) is 9.13. The Morgan fingerprint density at radius 3 is 2.43 bits per heavy atom. The van der Waals surface area contributed by atoms with Crippen LogP contribution in [-0.4, -0.2) is 129 Å². The molecule has 2 amide bonds. The summed E-state index contributed by atoms with van der Waals surface area (Å²) in [5, 5.41) is 17.9. The Balaban J connectivity index is 0.953. The molecule has 4 fully saturated rings. The lowest BCUT2D eigenvalue weighted by atomic mass is 10.0. The number of allylic oxidation sites excluding steroid dienone is 1. The Hall–Kier alpha value is -5.57. The zero-order chi connectivity index (χ0) is 40.8. The van der Waals surface area contributed by atoms with Crippen LogP contribution in [0.25, 0.3) is 0 Å². The lowest BCUT2D eigenvalue weighted by molar-refractivity contribution is 0.0261. The molecule has 4 aliphatic rings. The number of carbonyl (C=O) groups is 1. The van der Waals surface area contributed by atoms with E-state index < -0.39 is 17.4 Å². The number of rotatable bonds is 12. The second-order valence-corrected chi connectivity index (χ2v) is 15.3. The number of piperazine rings is 1. The monoisotopic (exact) mass is 800 g/mol. The molecule has 4 heterocycles. The number of piperidine rings is 2. The SMILES string of the molecule is C=N/N=C(N)\C(=C/Cc1cccc(F)c1O)N1CC2COCC(C1)N2c1cc(F)cc(OC2CCN(C(=O)N(C)C3CCN(c4ccccc4OCC)CC3)CC2)c1. The molecule has 0 aliphatic carbocycles. The fourth-order valence-corrected chi connectivity index (χ4v) is 8.73. The fraction of sp³-hybridized carbons (Fsp3) is 0.465. The number of likely N-dealkylation sites (tertiary alicyclic amines) is 1. The van der Waals surface area contributed by atoms with Gasteiger partial charge in [0, 0.05) is 95.3 Å². The quantitative estimate of drug-likeness (QED) is 0.136. The molecule has 13 nitrogen and oxygen atoms in total. The van der Waals surface area contributed by atoms with E-state index in [0.29, 0.717) is 81.5 Å². The first kappa shape index (κ1) is 40.6. The number of para-hydroxylation sites is 3. The highest BCUT2D eigenvalue weighted by molar-refractivity contribution is 5.96. The van der Waals surface area contributed by atoms with Crippen molar-refractivity contribution in [2.24, 2.45) is 15.9 Å². The minimum atomic E-state index is -0.701. The molecule has 3 aromatic rings. The van der Waals surface area contributed by atoms with Crippen LogP contribution in [0.3, 0.4) is 0 Å². The summed E-state index contributed by atoms with van der Waals surface area (Å²) in [6, 6.07) is 17.2. The molecule has 0 radical (unpaired) electrons. The van der Waals surface area contributed by atoms with E-state index in [4.69, 9.17) is 19.9 Å². The number of halogens is 2. The van der Waals surface area contributed by atoms with Gasteiger partial charge in [0.1, 0.15) is 23.4 Å². The molecule has 2 bridgehead atoms. The van der Waals surface area contributed by atoms with Crippen molar-refractivity contribution >= 4 is 30.0 Å². The maximum Gasteiger partial charge on any atom is 0.319 e. The number of benzene rings is 3. The highest BCUT2D eigenvalue weighted by Crippen LogP contribution is 2.35. The van der Waals surface area contributed by atoms with E-state index in [0.717, 1.165) is 37.4 Å². The molecular weight excluding hydrogens is 747 g/mol. The maximum atomic E-state index is 15.3. The van der Waals surface area contributed by atoms with Crippen LogP contribution >= 0.6 is 0 Å². The standard InChI is InChI=1S/C43H54F2N8O5/c1-4-57-40-11-6-5-10-38(40)50-18-14-31(15-19-50)49(3)43(55)51-20-16-35(17-21-51)58-36-23-30(44)22-32(24-36)53-33-25-52(26-34(53)28-56-27-33)39(42(46)48-47-2)13-12-29-8-7-9-37(45)41(29)54/h5-11,13,22-24,31,33-35,54H,2,4,12,14-21,25-28H2,1,3H3,(H2,46,48)/b39-13+. The minimum absolute atomic E-state index is 0.0338. The van der Waals surface area contributed by atoms with Crippen LogP contribution in [0.5, 0.6) is 17.2 Å². The van der Waals surface area contributed by atoms with Crippen molar-refractivity contribution in [1.29, 1.82) is 0 Å². The lowest BCUT2D eigenvalue weighted by Crippen LogP contribution is -2.65. The highest BCUT2D eigenvalue weighted by atomic mass is 19.1. The van der Waals surface area contributed by atoms with Crippen LogP contribution in [0, 0.1) is 11.6 Å². The van der Waals surface area contributed by atoms with E-state index in [9.17, 15) is 14.3 Å². The molecule has 2 unspecified atom stereocenters. The number of carbonyl (C=O) groups excluding carboxylic acids is 1. The predicted molar refractivity (Wildman–Crippen MR) is 221 cm³/mol. The van der Waals surface area contributed by atoms with Crippen LogP contribution in [0.2, 0.25) is 0 Å². The summed E-state index contributed by atoms with van der Waals surface area (Å²) >= 11 is 0. The normalized spacial score (nSPS) is 20.9. The van der Waals surface area contributed by atoms with Crippen molar-refractivity contribution in [3.05, 3.63) is 89.6 Å². The largest absolute Gasteiger partial charge is 0.505 e. The fourth-order valence-electron chi connectivity index (χ4n) is 8.73. The molecule has 15 heteroatoms. The Morgan fingerprint density at radius 1 is 1.00 bits per heavy atom. The lowest BCUT2D eigenvalue weighted by Gasteiger charge is -2.52. The number of nitrogens with zero attached hydrogens (tertiary/aromatic N) is 7. The molecule has 0 saturated carbocycles. The van der Waals surface area contributed by atoms with E-state index in [1.165, 1.54) is 24.3 Å². The highest BCUT2D eigenvalue weighted by Gasteiger charge is 2.40. The smallest absolute Gasteiger partial charge is 0.319 e. The number of nitrogens with two attached hydrogens (primary N) is 1.